The Hall–Kier alpha value is -2.49. The van der Waals surface area contributed by atoms with E-state index in [0.717, 1.165) is 18.7 Å². The zero-order chi connectivity index (χ0) is 19.4. The van der Waals surface area contributed by atoms with Gasteiger partial charge in [-0.25, -0.2) is 0 Å². The minimum absolute atomic E-state index is 0.0557. The van der Waals surface area contributed by atoms with Gasteiger partial charge in [-0.3, -0.25) is 4.79 Å². The van der Waals surface area contributed by atoms with E-state index in [2.05, 4.69) is 29.2 Å². The molecule has 1 saturated heterocycles. The van der Waals surface area contributed by atoms with Gasteiger partial charge >= 0.3 is 0 Å². The number of ether oxygens (including phenoxy) is 1. The van der Waals surface area contributed by atoms with Crippen LogP contribution in [0.15, 0.2) is 48.5 Å². The van der Waals surface area contributed by atoms with E-state index in [1.807, 2.05) is 24.3 Å². The van der Waals surface area contributed by atoms with Gasteiger partial charge in [0.15, 0.2) is 5.60 Å². The Morgan fingerprint density at radius 3 is 1.93 bits per heavy atom. The topological polar surface area (TPSA) is 32.8 Å². The molecule has 1 aliphatic heterocycles. The highest BCUT2D eigenvalue weighted by Gasteiger charge is 2.31. The van der Waals surface area contributed by atoms with Gasteiger partial charge in [-0.1, -0.05) is 24.3 Å². The molecule has 0 aromatic heterocycles. The minimum Gasteiger partial charge on any atom is -0.478 e. The molecule has 0 spiro atoms. The van der Waals surface area contributed by atoms with Crippen LogP contribution in [0.3, 0.4) is 0 Å². The molecule has 0 radical (unpaired) electrons. The first-order chi connectivity index (χ1) is 12.9. The number of nitrogens with zero attached hydrogens (tertiary/aromatic N) is 2. The van der Waals surface area contributed by atoms with E-state index < -0.39 is 5.60 Å². The molecular weight excluding hydrogens is 336 g/mol. The monoisotopic (exact) mass is 366 g/mol. The number of anilines is 1. The molecule has 0 unspecified atom stereocenters. The molecule has 144 valence electrons. The maximum absolute atomic E-state index is 12.2. The zero-order valence-electron chi connectivity index (χ0n) is 16.9. The third kappa shape index (κ3) is 4.62. The summed E-state index contributed by atoms with van der Waals surface area (Å²) < 4.78 is 5.92. The van der Waals surface area contributed by atoms with Crippen LogP contribution >= 0.6 is 0 Å². The van der Waals surface area contributed by atoms with Crippen LogP contribution in [0.25, 0.3) is 11.1 Å². The molecule has 0 N–H and O–H groups in total. The Balaban J connectivity index is 1.69. The van der Waals surface area contributed by atoms with Gasteiger partial charge in [-0.15, -0.1) is 0 Å². The summed E-state index contributed by atoms with van der Waals surface area (Å²) in [6.45, 7) is 5.91. The summed E-state index contributed by atoms with van der Waals surface area (Å²) in [6, 6.07) is 16.7. The van der Waals surface area contributed by atoms with E-state index in [4.69, 9.17) is 4.74 Å². The summed E-state index contributed by atoms with van der Waals surface area (Å²) in [5.74, 6) is 0.642. The van der Waals surface area contributed by atoms with Gasteiger partial charge in [0.2, 0.25) is 0 Å². The molecule has 0 bridgehead atoms. The third-order valence-corrected chi connectivity index (χ3v) is 5.07. The number of piperidine rings is 1. The summed E-state index contributed by atoms with van der Waals surface area (Å²) in [7, 11) is 3.48. The molecule has 4 nitrogen and oxygen atoms in total. The van der Waals surface area contributed by atoms with Crippen molar-refractivity contribution in [2.45, 2.75) is 38.7 Å². The van der Waals surface area contributed by atoms with E-state index in [0.29, 0.717) is 5.75 Å². The lowest BCUT2D eigenvalue weighted by Crippen LogP contribution is -2.45. The summed E-state index contributed by atoms with van der Waals surface area (Å²) in [4.78, 5) is 16.2. The molecule has 2 aromatic rings. The second-order valence-electron chi connectivity index (χ2n) is 7.93. The fourth-order valence-electron chi connectivity index (χ4n) is 3.61. The normalized spacial score (nSPS) is 14.7. The van der Waals surface area contributed by atoms with Crippen LogP contribution in [0.4, 0.5) is 5.69 Å². The maximum atomic E-state index is 12.2. The van der Waals surface area contributed by atoms with E-state index in [1.54, 1.807) is 32.8 Å². The number of carbonyl (C=O) groups is 1. The van der Waals surface area contributed by atoms with Gasteiger partial charge in [-0.2, -0.15) is 0 Å². The van der Waals surface area contributed by atoms with E-state index in [9.17, 15) is 4.79 Å². The van der Waals surface area contributed by atoms with Crippen molar-refractivity contribution in [1.82, 2.24) is 4.90 Å². The van der Waals surface area contributed by atoms with Crippen LogP contribution in [0.5, 0.6) is 5.75 Å². The first-order valence-electron chi connectivity index (χ1n) is 9.73. The maximum Gasteiger partial charge on any atom is 0.265 e. The first kappa shape index (κ1) is 19.3. The summed E-state index contributed by atoms with van der Waals surface area (Å²) in [6.07, 6.45) is 3.92. The lowest BCUT2D eigenvalue weighted by atomic mass is 10.0. The molecule has 0 saturated carbocycles. The molecule has 0 atom stereocenters. The third-order valence-electron chi connectivity index (χ3n) is 5.07. The Kier molecular flexibility index (Phi) is 5.73. The van der Waals surface area contributed by atoms with E-state index in [-0.39, 0.29) is 5.91 Å². The van der Waals surface area contributed by atoms with Crippen molar-refractivity contribution in [2.75, 3.05) is 32.1 Å². The number of likely N-dealkylation sites (N-methyl/N-ethyl adjacent to an activating group) is 1. The number of rotatable bonds is 5. The predicted octanol–water partition coefficient (Wildman–Crippen LogP) is 4.59. The zero-order valence-corrected chi connectivity index (χ0v) is 16.9. The van der Waals surface area contributed by atoms with Gasteiger partial charge < -0.3 is 14.5 Å². The summed E-state index contributed by atoms with van der Waals surface area (Å²) in [5, 5.41) is 0. The molecule has 2 aromatic carbocycles. The lowest BCUT2D eigenvalue weighted by molar-refractivity contribution is -0.142. The van der Waals surface area contributed by atoms with Gasteiger partial charge in [0.1, 0.15) is 5.75 Å². The Morgan fingerprint density at radius 2 is 1.41 bits per heavy atom. The first-order valence-corrected chi connectivity index (χ1v) is 9.73. The van der Waals surface area contributed by atoms with E-state index in [1.165, 1.54) is 30.5 Å². The largest absolute Gasteiger partial charge is 0.478 e. The Labute approximate surface area is 162 Å². The number of carbonyl (C=O) groups excluding carboxylic acids is 1. The lowest BCUT2D eigenvalue weighted by Gasteiger charge is -2.29. The molecule has 4 heteroatoms. The highest BCUT2D eigenvalue weighted by molar-refractivity contribution is 5.84. The van der Waals surface area contributed by atoms with E-state index >= 15 is 0 Å². The molecule has 1 amide bonds. The molecule has 1 aliphatic rings. The van der Waals surface area contributed by atoms with Gasteiger partial charge in [0, 0.05) is 32.9 Å². The molecule has 1 heterocycles. The molecule has 3 rings (SSSR count). The molecule has 0 aliphatic carbocycles. The SMILES string of the molecule is CN(C)C(=O)C(C)(C)Oc1ccc(-c2ccc(N3CCCCC3)cc2)cc1. The van der Waals surface area contributed by atoms with Crippen molar-refractivity contribution in [2.24, 2.45) is 0 Å². The van der Waals surface area contributed by atoms with Crippen LogP contribution in [0, 0.1) is 0 Å². The highest BCUT2D eigenvalue weighted by Crippen LogP contribution is 2.28. The van der Waals surface area contributed by atoms with Crippen LogP contribution in [-0.4, -0.2) is 43.6 Å². The van der Waals surface area contributed by atoms with Crippen LogP contribution in [0.2, 0.25) is 0 Å². The van der Waals surface area contributed by atoms with Crippen molar-refractivity contribution < 1.29 is 9.53 Å². The Bertz CT molecular complexity index is 758. The quantitative estimate of drug-likeness (QED) is 0.776. The van der Waals surface area contributed by atoms with Crippen molar-refractivity contribution in [3.8, 4) is 16.9 Å². The molecule has 27 heavy (non-hydrogen) atoms. The molecular formula is C23H30N2O2. The predicted molar refractivity (Wildman–Crippen MR) is 111 cm³/mol. The average molecular weight is 367 g/mol. The van der Waals surface area contributed by atoms with Crippen LogP contribution in [-0.2, 0) is 4.79 Å². The smallest absolute Gasteiger partial charge is 0.265 e. The standard InChI is InChI=1S/C23H30N2O2/c1-23(2,22(26)24(3)4)27-21-14-10-19(11-15-21)18-8-12-20(13-9-18)25-16-6-5-7-17-25/h8-15H,5-7,16-17H2,1-4H3. The Morgan fingerprint density at radius 1 is 0.889 bits per heavy atom. The highest BCUT2D eigenvalue weighted by atomic mass is 16.5. The minimum atomic E-state index is -0.888. The summed E-state index contributed by atoms with van der Waals surface area (Å²) >= 11 is 0. The van der Waals surface area contributed by atoms with Crippen molar-refractivity contribution in [3.63, 3.8) is 0 Å². The van der Waals surface area contributed by atoms with Crippen LogP contribution < -0.4 is 9.64 Å². The molecule has 1 fully saturated rings. The van der Waals surface area contributed by atoms with Crippen molar-refractivity contribution in [3.05, 3.63) is 48.5 Å². The fraction of sp³-hybridized carbons (Fsp3) is 0.435. The van der Waals surface area contributed by atoms with Crippen LogP contribution in [0.1, 0.15) is 33.1 Å². The number of hydrogen-bond acceptors (Lipinski definition) is 3. The van der Waals surface area contributed by atoms with Gasteiger partial charge in [-0.05, 0) is 68.5 Å². The second-order valence-corrected chi connectivity index (χ2v) is 7.93. The summed E-state index contributed by atoms with van der Waals surface area (Å²) in [5.41, 5.74) is 2.75. The fourth-order valence-corrected chi connectivity index (χ4v) is 3.61. The average Bonchev–Trinajstić information content (AvgIpc) is 2.68. The van der Waals surface area contributed by atoms with Gasteiger partial charge in [0.05, 0.1) is 0 Å². The second kappa shape index (κ2) is 8.03. The number of hydrogen-bond donors (Lipinski definition) is 0. The van der Waals surface area contributed by atoms with Crippen molar-refractivity contribution in [1.29, 1.82) is 0 Å². The number of benzene rings is 2. The number of amides is 1. The van der Waals surface area contributed by atoms with Gasteiger partial charge in [0.25, 0.3) is 5.91 Å². The van der Waals surface area contributed by atoms with Crippen molar-refractivity contribution >= 4 is 11.6 Å².